The first-order valence-corrected chi connectivity index (χ1v) is 7.97. The molecule has 5 heteroatoms. The molecular weight excluding hydrogens is 282 g/mol. The van der Waals surface area contributed by atoms with Gasteiger partial charge in [0.1, 0.15) is 6.10 Å². The highest BCUT2D eigenvalue weighted by Crippen LogP contribution is 2.32. The van der Waals surface area contributed by atoms with Crippen LogP contribution in [0, 0.1) is 5.92 Å². The zero-order valence-electron chi connectivity index (χ0n) is 12.7. The molecule has 22 heavy (non-hydrogen) atoms. The van der Waals surface area contributed by atoms with E-state index < -0.39 is 0 Å². The van der Waals surface area contributed by atoms with Crippen LogP contribution in [0.4, 0.5) is 0 Å². The molecule has 2 fully saturated rings. The van der Waals surface area contributed by atoms with Gasteiger partial charge in [0.15, 0.2) is 0 Å². The van der Waals surface area contributed by atoms with E-state index in [2.05, 4.69) is 0 Å². The van der Waals surface area contributed by atoms with Gasteiger partial charge in [0.2, 0.25) is 5.91 Å². The second-order valence-electron chi connectivity index (χ2n) is 5.87. The van der Waals surface area contributed by atoms with Crippen LogP contribution in [-0.4, -0.2) is 55.0 Å². The molecule has 0 bridgehead atoms. The number of benzene rings is 1. The third-order valence-corrected chi connectivity index (χ3v) is 4.53. The van der Waals surface area contributed by atoms with Crippen LogP contribution in [0.1, 0.15) is 24.4 Å². The number of nitrogens with zero attached hydrogens (tertiary/aromatic N) is 1. The lowest BCUT2D eigenvalue weighted by molar-refractivity contribution is -0.156. The van der Waals surface area contributed by atoms with Crippen molar-refractivity contribution in [1.82, 2.24) is 4.90 Å². The van der Waals surface area contributed by atoms with Gasteiger partial charge < -0.3 is 19.5 Å². The normalized spacial score (nSPS) is 26.9. The maximum atomic E-state index is 12.9. The zero-order valence-corrected chi connectivity index (χ0v) is 12.7. The van der Waals surface area contributed by atoms with Crippen LogP contribution in [0.15, 0.2) is 30.3 Å². The Morgan fingerprint density at radius 3 is 2.59 bits per heavy atom. The number of hydrogen-bond donors (Lipinski definition) is 1. The summed E-state index contributed by atoms with van der Waals surface area (Å²) in [6.45, 7) is 2.27. The predicted octanol–water partition coefficient (Wildman–Crippen LogP) is 1.37. The van der Waals surface area contributed by atoms with E-state index in [4.69, 9.17) is 9.47 Å². The van der Waals surface area contributed by atoms with Crippen LogP contribution in [0.2, 0.25) is 0 Å². The highest BCUT2D eigenvalue weighted by atomic mass is 16.5. The first-order chi connectivity index (χ1) is 10.8. The van der Waals surface area contributed by atoms with Gasteiger partial charge in [-0.2, -0.15) is 0 Å². The number of rotatable bonds is 3. The molecule has 0 radical (unpaired) electrons. The molecular formula is C17H23NO4. The van der Waals surface area contributed by atoms with E-state index in [9.17, 15) is 9.90 Å². The van der Waals surface area contributed by atoms with Crippen molar-refractivity contribution in [3.63, 3.8) is 0 Å². The summed E-state index contributed by atoms with van der Waals surface area (Å²) < 4.78 is 11.0. The Morgan fingerprint density at radius 1 is 1.18 bits per heavy atom. The quantitative estimate of drug-likeness (QED) is 0.916. The summed E-state index contributed by atoms with van der Waals surface area (Å²) in [5.74, 6) is 0.191. The molecule has 2 saturated heterocycles. The van der Waals surface area contributed by atoms with Crippen molar-refractivity contribution in [1.29, 1.82) is 0 Å². The van der Waals surface area contributed by atoms with E-state index in [0.29, 0.717) is 26.4 Å². The molecule has 5 nitrogen and oxygen atoms in total. The van der Waals surface area contributed by atoms with Gasteiger partial charge in [0.25, 0.3) is 0 Å². The standard InChI is InChI=1S/C17H23NO4/c19-12-15-16(13-4-2-1-3-5-13)18(8-11-22-15)17(20)14-6-9-21-10-7-14/h1-5,14-16,19H,6-12H2/t15-,16-/m1/s1. The molecule has 0 saturated carbocycles. The minimum Gasteiger partial charge on any atom is -0.394 e. The molecule has 1 aromatic carbocycles. The summed E-state index contributed by atoms with van der Waals surface area (Å²) in [4.78, 5) is 14.8. The summed E-state index contributed by atoms with van der Waals surface area (Å²) in [5, 5.41) is 9.65. The Hall–Kier alpha value is -1.43. The number of amides is 1. The van der Waals surface area contributed by atoms with Crippen molar-refractivity contribution in [2.24, 2.45) is 5.92 Å². The fourth-order valence-electron chi connectivity index (χ4n) is 3.36. The van der Waals surface area contributed by atoms with Crippen molar-refractivity contribution in [2.75, 3.05) is 33.0 Å². The van der Waals surface area contributed by atoms with Crippen LogP contribution >= 0.6 is 0 Å². The summed E-state index contributed by atoms with van der Waals surface area (Å²) >= 11 is 0. The molecule has 0 aliphatic carbocycles. The van der Waals surface area contributed by atoms with Crippen molar-refractivity contribution < 1.29 is 19.4 Å². The lowest BCUT2D eigenvalue weighted by atomic mass is 9.93. The van der Waals surface area contributed by atoms with Gasteiger partial charge in [-0.05, 0) is 18.4 Å². The average Bonchev–Trinajstić information content (AvgIpc) is 2.62. The Balaban J connectivity index is 1.84. The van der Waals surface area contributed by atoms with Crippen LogP contribution in [0.3, 0.4) is 0 Å². The molecule has 2 atom stereocenters. The van der Waals surface area contributed by atoms with Gasteiger partial charge in [-0.1, -0.05) is 30.3 Å². The van der Waals surface area contributed by atoms with E-state index in [1.165, 1.54) is 0 Å². The van der Waals surface area contributed by atoms with Crippen LogP contribution in [-0.2, 0) is 14.3 Å². The summed E-state index contributed by atoms with van der Waals surface area (Å²) in [6, 6.07) is 9.63. The third-order valence-electron chi connectivity index (χ3n) is 4.53. The topological polar surface area (TPSA) is 59.0 Å². The van der Waals surface area contributed by atoms with Crippen LogP contribution in [0.25, 0.3) is 0 Å². The fraction of sp³-hybridized carbons (Fsp3) is 0.588. The van der Waals surface area contributed by atoms with E-state index >= 15 is 0 Å². The second-order valence-corrected chi connectivity index (χ2v) is 5.87. The van der Waals surface area contributed by atoms with E-state index in [1.807, 2.05) is 35.2 Å². The van der Waals surface area contributed by atoms with E-state index in [-0.39, 0.29) is 30.6 Å². The summed E-state index contributed by atoms with van der Waals surface area (Å²) in [7, 11) is 0. The number of carbonyl (C=O) groups is 1. The average molecular weight is 305 g/mol. The van der Waals surface area contributed by atoms with E-state index in [1.54, 1.807) is 0 Å². The highest BCUT2D eigenvalue weighted by Gasteiger charge is 2.38. The smallest absolute Gasteiger partial charge is 0.226 e. The first kappa shape index (κ1) is 15.5. The Bertz CT molecular complexity index is 487. The van der Waals surface area contributed by atoms with E-state index in [0.717, 1.165) is 18.4 Å². The monoisotopic (exact) mass is 305 g/mol. The Labute approximate surface area is 130 Å². The lowest BCUT2D eigenvalue weighted by Crippen LogP contribution is -2.51. The first-order valence-electron chi connectivity index (χ1n) is 7.97. The van der Waals surface area contributed by atoms with Crippen molar-refractivity contribution >= 4 is 5.91 Å². The number of carbonyl (C=O) groups excluding carboxylic acids is 1. The van der Waals surface area contributed by atoms with Gasteiger partial charge in [-0.3, -0.25) is 4.79 Å². The maximum absolute atomic E-state index is 12.9. The SMILES string of the molecule is O=C(C1CCOCC1)N1CCO[C@H](CO)[C@H]1c1ccccc1. The van der Waals surface area contributed by atoms with Crippen molar-refractivity contribution in [3.05, 3.63) is 35.9 Å². The number of ether oxygens (including phenoxy) is 2. The molecule has 2 aliphatic heterocycles. The number of morpholine rings is 1. The predicted molar refractivity (Wildman–Crippen MR) is 81.3 cm³/mol. The summed E-state index contributed by atoms with van der Waals surface area (Å²) in [5.41, 5.74) is 1.02. The Kier molecular flexibility index (Phi) is 5.08. The van der Waals surface area contributed by atoms with Gasteiger partial charge in [0.05, 0.1) is 19.3 Å². The molecule has 2 heterocycles. The Morgan fingerprint density at radius 2 is 1.91 bits per heavy atom. The van der Waals surface area contributed by atoms with Gasteiger partial charge in [0, 0.05) is 25.7 Å². The molecule has 1 N–H and O–H groups in total. The van der Waals surface area contributed by atoms with Gasteiger partial charge in [-0.15, -0.1) is 0 Å². The number of aliphatic hydroxyl groups is 1. The molecule has 2 aliphatic rings. The number of hydrogen-bond acceptors (Lipinski definition) is 4. The third kappa shape index (κ3) is 3.16. The minimum atomic E-state index is -0.361. The molecule has 1 aromatic rings. The molecule has 3 rings (SSSR count). The zero-order chi connectivity index (χ0) is 15.4. The van der Waals surface area contributed by atoms with Gasteiger partial charge in [-0.25, -0.2) is 0 Å². The van der Waals surface area contributed by atoms with Crippen molar-refractivity contribution in [3.8, 4) is 0 Å². The molecule has 1 amide bonds. The molecule has 0 spiro atoms. The maximum Gasteiger partial charge on any atom is 0.226 e. The molecule has 120 valence electrons. The molecule has 0 unspecified atom stereocenters. The largest absolute Gasteiger partial charge is 0.394 e. The van der Waals surface area contributed by atoms with Gasteiger partial charge >= 0.3 is 0 Å². The second kappa shape index (κ2) is 7.22. The highest BCUT2D eigenvalue weighted by molar-refractivity contribution is 5.79. The number of aliphatic hydroxyl groups excluding tert-OH is 1. The minimum absolute atomic E-state index is 0.0254. The van der Waals surface area contributed by atoms with Crippen molar-refractivity contribution in [2.45, 2.75) is 25.0 Å². The summed E-state index contributed by atoms with van der Waals surface area (Å²) in [6.07, 6.45) is 1.20. The lowest BCUT2D eigenvalue weighted by Gasteiger charge is -2.42. The van der Waals surface area contributed by atoms with Crippen LogP contribution < -0.4 is 0 Å². The molecule has 0 aromatic heterocycles. The fourth-order valence-corrected chi connectivity index (χ4v) is 3.36. The van der Waals surface area contributed by atoms with Crippen LogP contribution in [0.5, 0.6) is 0 Å².